The van der Waals surface area contributed by atoms with Crippen LogP contribution in [0.3, 0.4) is 0 Å². The Kier molecular flexibility index (Phi) is 4.26. The fourth-order valence-corrected chi connectivity index (χ4v) is 1.59. The van der Waals surface area contributed by atoms with Gasteiger partial charge in [-0.2, -0.15) is 0 Å². The van der Waals surface area contributed by atoms with Gasteiger partial charge in [-0.1, -0.05) is 0 Å². The molecule has 0 saturated carbocycles. The first kappa shape index (κ1) is 15.1. The third kappa shape index (κ3) is 3.08. The molecule has 2 N–H and O–H groups in total. The Morgan fingerprint density at radius 2 is 2.05 bits per heavy atom. The number of nitrogens with zero attached hydrogens (tertiary/aromatic N) is 1. The monoisotopic (exact) mass is 266 g/mol. The van der Waals surface area contributed by atoms with E-state index in [1.165, 1.54) is 6.07 Å². The topological polar surface area (TPSA) is 88.4 Å². The van der Waals surface area contributed by atoms with Crippen molar-refractivity contribution in [3.8, 4) is 0 Å². The van der Waals surface area contributed by atoms with Gasteiger partial charge < -0.3 is 15.0 Å². The average molecular weight is 266 g/mol. The number of Topliss-reactive ketones (excluding diaryl/α,β-unsaturated/α-hetero) is 1. The Morgan fingerprint density at radius 1 is 1.47 bits per heavy atom. The number of amides is 1. The highest BCUT2D eigenvalue weighted by atomic mass is 16.3. The van der Waals surface area contributed by atoms with Crippen LogP contribution in [0.5, 0.6) is 0 Å². The summed E-state index contributed by atoms with van der Waals surface area (Å²) in [7, 11) is 1.64. The zero-order valence-corrected chi connectivity index (χ0v) is 11.5. The highest BCUT2D eigenvalue weighted by Gasteiger charge is 2.27. The lowest BCUT2D eigenvalue weighted by atomic mass is 10.1. The van der Waals surface area contributed by atoms with Crippen LogP contribution in [0, 0.1) is 6.92 Å². The first-order valence-corrected chi connectivity index (χ1v) is 5.82. The molecule has 1 aromatic rings. The zero-order chi connectivity index (χ0) is 14.8. The van der Waals surface area contributed by atoms with Crippen molar-refractivity contribution in [2.45, 2.75) is 26.3 Å². The third-order valence-electron chi connectivity index (χ3n) is 2.99. The van der Waals surface area contributed by atoms with Gasteiger partial charge in [0.25, 0.3) is 11.7 Å². The molecule has 0 spiro atoms. The molecule has 0 aliphatic carbocycles. The summed E-state index contributed by atoms with van der Waals surface area (Å²) in [5.41, 5.74) is 0.193. The molecule has 1 aromatic heterocycles. The number of aliphatic hydroxyl groups is 1. The number of nitrogens with one attached hydrogen (secondary N) is 1. The standard InChI is InChI=1S/C13H18N2O4/c1-8-10(5-9(6-16)15(8)4)11(18)12(19)14-13(2,3)7-17/h5-6,17H,7H2,1-4H3,(H,14,19). The lowest BCUT2D eigenvalue weighted by molar-refractivity contribution is -0.118. The molecule has 0 unspecified atom stereocenters. The Balaban J connectivity index is 3.01. The SMILES string of the molecule is Cc1c(C(=O)C(=O)NC(C)(C)CO)cc(C=O)n1C. The van der Waals surface area contributed by atoms with Crippen LogP contribution in [0.4, 0.5) is 0 Å². The number of aldehydes is 1. The minimum absolute atomic E-state index is 0.191. The van der Waals surface area contributed by atoms with Gasteiger partial charge in [-0.3, -0.25) is 14.4 Å². The van der Waals surface area contributed by atoms with Crippen LogP contribution in [0.15, 0.2) is 6.07 Å². The van der Waals surface area contributed by atoms with Gasteiger partial charge in [0.05, 0.1) is 17.8 Å². The summed E-state index contributed by atoms with van der Waals surface area (Å²) in [4.78, 5) is 34.6. The molecule has 1 heterocycles. The molecule has 0 atom stereocenters. The van der Waals surface area contributed by atoms with Crippen molar-refractivity contribution in [3.63, 3.8) is 0 Å². The molecular weight excluding hydrogens is 248 g/mol. The number of hydrogen-bond donors (Lipinski definition) is 2. The fraction of sp³-hybridized carbons (Fsp3) is 0.462. The van der Waals surface area contributed by atoms with E-state index in [0.717, 1.165) is 0 Å². The van der Waals surface area contributed by atoms with E-state index in [4.69, 9.17) is 5.11 Å². The van der Waals surface area contributed by atoms with Crippen LogP contribution in [0.1, 0.15) is 40.4 Å². The minimum atomic E-state index is -0.872. The molecule has 1 rings (SSSR count). The van der Waals surface area contributed by atoms with Gasteiger partial charge in [-0.25, -0.2) is 0 Å². The predicted molar refractivity (Wildman–Crippen MR) is 69.2 cm³/mol. The maximum Gasteiger partial charge on any atom is 0.292 e. The molecule has 104 valence electrons. The highest BCUT2D eigenvalue weighted by Crippen LogP contribution is 2.14. The van der Waals surface area contributed by atoms with E-state index >= 15 is 0 Å². The van der Waals surface area contributed by atoms with E-state index in [0.29, 0.717) is 17.7 Å². The summed E-state index contributed by atoms with van der Waals surface area (Å²) in [6.45, 7) is 4.59. The Bertz CT molecular complexity index is 529. The predicted octanol–water partition coefficient (Wildman–Crippen LogP) is 0.216. The number of rotatable bonds is 5. The zero-order valence-electron chi connectivity index (χ0n) is 11.5. The van der Waals surface area contributed by atoms with Gasteiger partial charge >= 0.3 is 0 Å². The summed E-state index contributed by atoms with van der Waals surface area (Å²) in [6, 6.07) is 1.39. The van der Waals surface area contributed by atoms with E-state index in [1.54, 1.807) is 32.4 Å². The van der Waals surface area contributed by atoms with Gasteiger partial charge in [0.2, 0.25) is 0 Å². The molecule has 19 heavy (non-hydrogen) atoms. The summed E-state index contributed by atoms with van der Waals surface area (Å²) in [6.07, 6.45) is 0.624. The number of hydrogen-bond acceptors (Lipinski definition) is 4. The first-order valence-electron chi connectivity index (χ1n) is 5.82. The largest absolute Gasteiger partial charge is 0.394 e. The van der Waals surface area contributed by atoms with Crippen molar-refractivity contribution in [2.24, 2.45) is 7.05 Å². The maximum atomic E-state index is 12.0. The van der Waals surface area contributed by atoms with Crippen molar-refractivity contribution in [1.29, 1.82) is 0 Å². The normalized spacial score (nSPS) is 11.2. The van der Waals surface area contributed by atoms with Gasteiger partial charge in [0, 0.05) is 18.3 Å². The van der Waals surface area contributed by atoms with Gasteiger partial charge in [0.1, 0.15) is 0 Å². The van der Waals surface area contributed by atoms with Crippen molar-refractivity contribution in [3.05, 3.63) is 23.0 Å². The van der Waals surface area contributed by atoms with Crippen LogP contribution in [-0.2, 0) is 11.8 Å². The second kappa shape index (κ2) is 5.36. The summed E-state index contributed by atoms with van der Waals surface area (Å²) >= 11 is 0. The molecule has 0 aromatic carbocycles. The number of carbonyl (C=O) groups excluding carboxylic acids is 3. The van der Waals surface area contributed by atoms with Crippen LogP contribution >= 0.6 is 0 Å². The molecular formula is C13H18N2O4. The number of ketones is 1. The Labute approximate surface area is 111 Å². The summed E-state index contributed by atoms with van der Waals surface area (Å²) in [5.74, 6) is -1.52. The van der Waals surface area contributed by atoms with Crippen LogP contribution in [-0.4, -0.2) is 39.8 Å². The molecule has 0 fully saturated rings. The van der Waals surface area contributed by atoms with E-state index in [2.05, 4.69) is 5.32 Å². The fourth-order valence-electron chi connectivity index (χ4n) is 1.59. The van der Waals surface area contributed by atoms with Crippen molar-refractivity contribution < 1.29 is 19.5 Å². The smallest absolute Gasteiger partial charge is 0.292 e. The van der Waals surface area contributed by atoms with Crippen molar-refractivity contribution in [1.82, 2.24) is 9.88 Å². The highest BCUT2D eigenvalue weighted by molar-refractivity contribution is 6.43. The first-order chi connectivity index (χ1) is 8.73. The number of aliphatic hydroxyl groups excluding tert-OH is 1. The van der Waals surface area contributed by atoms with Gasteiger partial charge in [-0.05, 0) is 26.8 Å². The third-order valence-corrected chi connectivity index (χ3v) is 2.99. The summed E-state index contributed by atoms with van der Waals surface area (Å²) < 4.78 is 1.55. The Hall–Kier alpha value is -1.95. The van der Waals surface area contributed by atoms with Crippen LogP contribution in [0.25, 0.3) is 0 Å². The quantitative estimate of drug-likeness (QED) is 0.453. The average Bonchev–Trinajstić information content (AvgIpc) is 2.64. The lowest BCUT2D eigenvalue weighted by Crippen LogP contribution is -2.48. The second-order valence-electron chi connectivity index (χ2n) is 5.07. The van der Waals surface area contributed by atoms with Gasteiger partial charge in [-0.15, -0.1) is 0 Å². The molecule has 0 bridgehead atoms. The van der Waals surface area contributed by atoms with Gasteiger partial charge in [0.15, 0.2) is 6.29 Å². The molecule has 1 amide bonds. The molecule has 0 radical (unpaired) electrons. The number of carbonyl (C=O) groups is 3. The van der Waals surface area contributed by atoms with E-state index < -0.39 is 17.2 Å². The lowest BCUT2D eigenvalue weighted by Gasteiger charge is -2.22. The Morgan fingerprint density at radius 3 is 2.47 bits per heavy atom. The molecule has 0 aliphatic heterocycles. The minimum Gasteiger partial charge on any atom is -0.394 e. The maximum absolute atomic E-state index is 12.0. The molecule has 0 saturated heterocycles. The van der Waals surface area contributed by atoms with Crippen LogP contribution < -0.4 is 5.32 Å². The van der Waals surface area contributed by atoms with E-state index in [-0.39, 0.29) is 12.2 Å². The van der Waals surface area contributed by atoms with Crippen molar-refractivity contribution >= 4 is 18.0 Å². The number of aromatic nitrogens is 1. The van der Waals surface area contributed by atoms with E-state index in [1.807, 2.05) is 0 Å². The molecule has 6 heteroatoms. The van der Waals surface area contributed by atoms with Crippen LogP contribution in [0.2, 0.25) is 0 Å². The second-order valence-corrected chi connectivity index (χ2v) is 5.07. The van der Waals surface area contributed by atoms with E-state index in [9.17, 15) is 14.4 Å². The summed E-state index contributed by atoms with van der Waals surface area (Å²) in [5, 5.41) is 11.5. The van der Waals surface area contributed by atoms with Crippen molar-refractivity contribution in [2.75, 3.05) is 6.61 Å². The molecule has 6 nitrogen and oxygen atoms in total. The molecule has 0 aliphatic rings.